The van der Waals surface area contributed by atoms with Crippen LogP contribution in [0.4, 0.5) is 5.69 Å². The van der Waals surface area contributed by atoms with E-state index in [0.717, 1.165) is 24.5 Å². The zero-order valence-corrected chi connectivity index (χ0v) is 14.9. The third kappa shape index (κ3) is 4.40. The van der Waals surface area contributed by atoms with Crippen LogP contribution in [0.15, 0.2) is 24.3 Å². The van der Waals surface area contributed by atoms with Gasteiger partial charge in [0.15, 0.2) is 0 Å². The van der Waals surface area contributed by atoms with Gasteiger partial charge in [-0.05, 0) is 30.2 Å². The predicted octanol–water partition coefficient (Wildman–Crippen LogP) is 1.50. The van der Waals surface area contributed by atoms with Crippen molar-refractivity contribution in [3.8, 4) is 5.75 Å². The number of carbonyl (C=O) groups is 2. The molecule has 1 heterocycles. The topological polar surface area (TPSA) is 61.9 Å². The minimum absolute atomic E-state index is 0.00887. The Hall–Kier alpha value is -2.24. The van der Waals surface area contributed by atoms with Gasteiger partial charge >= 0.3 is 0 Å². The van der Waals surface area contributed by atoms with Crippen molar-refractivity contribution in [1.29, 1.82) is 0 Å². The molecular weight excluding hydrogens is 306 g/mol. The third-order valence-corrected chi connectivity index (χ3v) is 4.32. The summed E-state index contributed by atoms with van der Waals surface area (Å²) in [5, 5.41) is 2.77. The Labute approximate surface area is 143 Å². The van der Waals surface area contributed by atoms with Crippen LogP contribution in [0, 0.1) is 5.92 Å². The van der Waals surface area contributed by atoms with E-state index in [9.17, 15) is 9.59 Å². The molecule has 0 saturated carbocycles. The molecule has 2 rings (SSSR count). The number of rotatable bonds is 5. The Bertz CT molecular complexity index is 563. The number of hydrogen-bond acceptors (Lipinski definition) is 4. The van der Waals surface area contributed by atoms with Crippen molar-refractivity contribution in [3.63, 3.8) is 0 Å². The molecule has 0 unspecified atom stereocenters. The van der Waals surface area contributed by atoms with E-state index in [-0.39, 0.29) is 17.7 Å². The van der Waals surface area contributed by atoms with E-state index >= 15 is 0 Å². The zero-order chi connectivity index (χ0) is 17.7. The van der Waals surface area contributed by atoms with Crippen LogP contribution in [0.2, 0.25) is 0 Å². The number of benzene rings is 1. The first-order valence-corrected chi connectivity index (χ1v) is 8.37. The Morgan fingerprint density at radius 1 is 1.08 bits per heavy atom. The summed E-state index contributed by atoms with van der Waals surface area (Å²) in [6.45, 7) is 8.23. The van der Waals surface area contributed by atoms with Crippen molar-refractivity contribution < 1.29 is 14.3 Å². The molecule has 0 radical (unpaired) electrons. The molecule has 1 saturated heterocycles. The van der Waals surface area contributed by atoms with Gasteiger partial charge in [0.25, 0.3) is 0 Å². The van der Waals surface area contributed by atoms with Crippen LogP contribution in [0.25, 0.3) is 0 Å². The second-order valence-electron chi connectivity index (χ2n) is 6.43. The van der Waals surface area contributed by atoms with Gasteiger partial charge in [-0.1, -0.05) is 13.8 Å². The summed E-state index contributed by atoms with van der Waals surface area (Å²) < 4.78 is 5.18. The van der Waals surface area contributed by atoms with Crippen LogP contribution in [-0.4, -0.2) is 56.0 Å². The van der Waals surface area contributed by atoms with Gasteiger partial charge in [-0.3, -0.25) is 9.59 Å². The van der Waals surface area contributed by atoms with Crippen molar-refractivity contribution in [2.45, 2.75) is 26.8 Å². The first-order chi connectivity index (χ1) is 11.4. The molecule has 1 fully saturated rings. The highest BCUT2D eigenvalue weighted by atomic mass is 16.5. The number of piperazine rings is 1. The Kier molecular flexibility index (Phi) is 6.06. The highest BCUT2D eigenvalue weighted by Gasteiger charge is 2.30. The van der Waals surface area contributed by atoms with E-state index in [0.29, 0.717) is 13.1 Å². The predicted molar refractivity (Wildman–Crippen MR) is 94.2 cm³/mol. The average Bonchev–Trinajstić information content (AvgIpc) is 2.59. The largest absolute Gasteiger partial charge is 0.497 e. The summed E-state index contributed by atoms with van der Waals surface area (Å²) in [6, 6.07) is 7.50. The quantitative estimate of drug-likeness (QED) is 0.887. The van der Waals surface area contributed by atoms with E-state index < -0.39 is 6.04 Å². The molecule has 6 nitrogen and oxygen atoms in total. The molecule has 1 aliphatic rings. The Morgan fingerprint density at radius 3 is 2.12 bits per heavy atom. The highest BCUT2D eigenvalue weighted by molar-refractivity contribution is 5.87. The fourth-order valence-electron chi connectivity index (χ4n) is 2.91. The summed E-state index contributed by atoms with van der Waals surface area (Å²) >= 11 is 0. The number of nitrogens with zero attached hydrogens (tertiary/aromatic N) is 2. The molecule has 1 N–H and O–H groups in total. The second-order valence-corrected chi connectivity index (χ2v) is 6.43. The van der Waals surface area contributed by atoms with Crippen LogP contribution in [-0.2, 0) is 9.59 Å². The number of carbonyl (C=O) groups excluding carboxylic acids is 2. The standard InChI is InChI=1S/C18H27N3O3/c1-13(2)17(19-14(3)22)18(23)21-11-9-20(10-12-21)15-5-7-16(24-4)8-6-15/h5-8,13,17H,9-12H2,1-4H3,(H,19,22)/t17-/m0/s1. The first kappa shape index (κ1) is 18.1. The summed E-state index contributed by atoms with van der Waals surface area (Å²) in [7, 11) is 1.65. The molecule has 24 heavy (non-hydrogen) atoms. The second kappa shape index (κ2) is 8.04. The maximum Gasteiger partial charge on any atom is 0.245 e. The number of ether oxygens (including phenoxy) is 1. The molecule has 1 aromatic carbocycles. The van der Waals surface area contributed by atoms with Gasteiger partial charge in [0.2, 0.25) is 11.8 Å². The summed E-state index contributed by atoms with van der Waals surface area (Å²) in [6.07, 6.45) is 0. The lowest BCUT2D eigenvalue weighted by Crippen LogP contribution is -2.56. The molecule has 1 aromatic rings. The van der Waals surface area contributed by atoms with Gasteiger partial charge in [0.05, 0.1) is 7.11 Å². The van der Waals surface area contributed by atoms with Crippen molar-refractivity contribution in [2.24, 2.45) is 5.92 Å². The lowest BCUT2D eigenvalue weighted by atomic mass is 10.0. The van der Waals surface area contributed by atoms with E-state index in [4.69, 9.17) is 4.74 Å². The fraction of sp³-hybridized carbons (Fsp3) is 0.556. The van der Waals surface area contributed by atoms with Crippen LogP contribution in [0.1, 0.15) is 20.8 Å². The third-order valence-electron chi connectivity index (χ3n) is 4.32. The van der Waals surface area contributed by atoms with Gasteiger partial charge in [-0.15, -0.1) is 0 Å². The van der Waals surface area contributed by atoms with Gasteiger partial charge in [0, 0.05) is 38.8 Å². The zero-order valence-electron chi connectivity index (χ0n) is 14.9. The van der Waals surface area contributed by atoms with Crippen LogP contribution in [0.5, 0.6) is 5.75 Å². The van der Waals surface area contributed by atoms with Gasteiger partial charge < -0.3 is 19.9 Å². The Morgan fingerprint density at radius 2 is 1.67 bits per heavy atom. The van der Waals surface area contributed by atoms with Crippen molar-refractivity contribution in [3.05, 3.63) is 24.3 Å². The number of methoxy groups -OCH3 is 1. The molecule has 0 aromatic heterocycles. The Balaban J connectivity index is 1.95. The molecule has 6 heteroatoms. The average molecular weight is 333 g/mol. The summed E-state index contributed by atoms with van der Waals surface area (Å²) in [5.41, 5.74) is 1.13. The summed E-state index contributed by atoms with van der Waals surface area (Å²) in [5.74, 6) is 0.747. The van der Waals surface area contributed by atoms with E-state index in [2.05, 4.69) is 10.2 Å². The van der Waals surface area contributed by atoms with E-state index in [1.807, 2.05) is 43.0 Å². The lowest BCUT2D eigenvalue weighted by molar-refractivity contribution is -0.137. The minimum Gasteiger partial charge on any atom is -0.497 e. The lowest BCUT2D eigenvalue weighted by Gasteiger charge is -2.38. The molecule has 0 aliphatic carbocycles. The molecule has 0 bridgehead atoms. The van der Waals surface area contributed by atoms with E-state index in [1.54, 1.807) is 7.11 Å². The van der Waals surface area contributed by atoms with E-state index in [1.165, 1.54) is 6.92 Å². The van der Waals surface area contributed by atoms with Crippen LogP contribution < -0.4 is 15.0 Å². The maximum absolute atomic E-state index is 12.7. The molecule has 0 spiro atoms. The smallest absolute Gasteiger partial charge is 0.245 e. The van der Waals surface area contributed by atoms with Crippen LogP contribution in [0.3, 0.4) is 0 Å². The summed E-state index contributed by atoms with van der Waals surface area (Å²) in [4.78, 5) is 28.1. The molecule has 2 amide bonds. The molecule has 1 aliphatic heterocycles. The van der Waals surface area contributed by atoms with Crippen molar-refractivity contribution >= 4 is 17.5 Å². The number of anilines is 1. The molecule has 132 valence electrons. The first-order valence-electron chi connectivity index (χ1n) is 8.37. The van der Waals surface area contributed by atoms with Crippen molar-refractivity contribution in [1.82, 2.24) is 10.2 Å². The fourth-order valence-corrected chi connectivity index (χ4v) is 2.91. The van der Waals surface area contributed by atoms with Crippen molar-refractivity contribution in [2.75, 3.05) is 38.2 Å². The highest BCUT2D eigenvalue weighted by Crippen LogP contribution is 2.21. The number of amides is 2. The normalized spacial score (nSPS) is 16.0. The molecule has 1 atom stereocenters. The van der Waals surface area contributed by atoms with Gasteiger partial charge in [-0.2, -0.15) is 0 Å². The maximum atomic E-state index is 12.7. The molecular formula is C18H27N3O3. The van der Waals surface area contributed by atoms with Crippen LogP contribution >= 0.6 is 0 Å². The monoisotopic (exact) mass is 333 g/mol. The number of hydrogen-bond donors (Lipinski definition) is 1. The van der Waals surface area contributed by atoms with Gasteiger partial charge in [-0.25, -0.2) is 0 Å². The minimum atomic E-state index is -0.449. The SMILES string of the molecule is COc1ccc(N2CCN(C(=O)[C@@H](NC(C)=O)C(C)C)CC2)cc1. The number of nitrogens with one attached hydrogen (secondary N) is 1. The van der Waals surface area contributed by atoms with Gasteiger partial charge in [0.1, 0.15) is 11.8 Å².